The lowest BCUT2D eigenvalue weighted by Crippen LogP contribution is -2.29. The van der Waals surface area contributed by atoms with Gasteiger partial charge < -0.3 is 14.4 Å². The van der Waals surface area contributed by atoms with E-state index in [9.17, 15) is 18.2 Å². The molecule has 1 aromatic carbocycles. The minimum Gasteiger partial charge on any atom is -0.466 e. The van der Waals surface area contributed by atoms with Crippen molar-refractivity contribution in [2.45, 2.75) is 12.5 Å². The van der Waals surface area contributed by atoms with Crippen molar-refractivity contribution in [3.05, 3.63) is 24.0 Å². The number of nitrogens with zero attached hydrogens (tertiary/aromatic N) is 2. The van der Waals surface area contributed by atoms with Crippen LogP contribution in [0.1, 0.15) is 6.42 Å². The van der Waals surface area contributed by atoms with Crippen molar-refractivity contribution >= 4 is 34.2 Å². The number of benzene rings is 1. The van der Waals surface area contributed by atoms with Gasteiger partial charge in [0.15, 0.2) is 0 Å². The molecule has 2 aliphatic rings. The van der Waals surface area contributed by atoms with Gasteiger partial charge in [-0.3, -0.25) is 9.11 Å². The van der Waals surface area contributed by atoms with Crippen LogP contribution in [0.25, 0.3) is 0 Å². The number of hydrogen-bond acceptors (Lipinski definition) is 6. The minimum absolute atomic E-state index is 0.0208. The number of halogens is 1. The van der Waals surface area contributed by atoms with Gasteiger partial charge in [0, 0.05) is 35.4 Å². The van der Waals surface area contributed by atoms with Gasteiger partial charge in [-0.15, -0.1) is 0 Å². The molecule has 0 N–H and O–H groups in total. The van der Waals surface area contributed by atoms with Gasteiger partial charge in [-0.2, -0.15) is 0 Å². The van der Waals surface area contributed by atoms with Gasteiger partial charge in [-0.05, 0) is 24.6 Å². The Morgan fingerprint density at radius 3 is 2.88 bits per heavy atom. The maximum Gasteiger partial charge on any atom is 0.415 e. The molecule has 3 rings (SSSR count). The highest BCUT2D eigenvalue weighted by atomic mass is 32.2. The Balaban J connectivity index is 1.77. The highest BCUT2D eigenvalue weighted by Crippen LogP contribution is 2.28. The lowest BCUT2D eigenvalue weighted by molar-refractivity contribution is -0.148. The van der Waals surface area contributed by atoms with E-state index >= 15 is 0 Å². The van der Waals surface area contributed by atoms with E-state index in [1.807, 2.05) is 4.90 Å². The predicted molar refractivity (Wildman–Crippen MR) is 90.7 cm³/mol. The molecule has 0 radical (unpaired) electrons. The van der Waals surface area contributed by atoms with Crippen molar-refractivity contribution in [1.82, 2.24) is 0 Å². The molecule has 2 heterocycles. The van der Waals surface area contributed by atoms with Crippen LogP contribution in [0.4, 0.5) is 20.6 Å². The summed E-state index contributed by atoms with van der Waals surface area (Å²) in [5, 5.41) is 0. The summed E-state index contributed by atoms with van der Waals surface area (Å²) >= 11 is 0. The molecule has 2 atom stereocenters. The summed E-state index contributed by atoms with van der Waals surface area (Å²) in [7, 11) is 0.353. The van der Waals surface area contributed by atoms with Crippen LogP contribution in [0, 0.1) is 5.82 Å². The van der Waals surface area contributed by atoms with E-state index in [4.69, 9.17) is 4.74 Å². The highest BCUT2D eigenvalue weighted by Gasteiger charge is 2.38. The lowest BCUT2D eigenvalue weighted by Gasteiger charge is -2.23. The van der Waals surface area contributed by atoms with Crippen molar-refractivity contribution in [3.63, 3.8) is 0 Å². The van der Waals surface area contributed by atoms with E-state index in [-0.39, 0.29) is 6.54 Å². The summed E-state index contributed by atoms with van der Waals surface area (Å²) in [4.78, 5) is 26.5. The molecule has 1 aromatic rings. The number of carbonyl (C=O) groups excluding carboxylic acids is 2. The van der Waals surface area contributed by atoms with Crippen LogP contribution in [0.3, 0.4) is 0 Å². The Labute approximate surface area is 147 Å². The first kappa shape index (κ1) is 17.7. The molecule has 0 spiro atoms. The summed E-state index contributed by atoms with van der Waals surface area (Å²) in [5.41, 5.74) is 0.732. The number of carbonyl (C=O) groups is 2. The van der Waals surface area contributed by atoms with Gasteiger partial charge in [0.05, 0.1) is 25.0 Å². The third-order valence-corrected chi connectivity index (χ3v) is 5.63. The zero-order valence-electron chi connectivity index (χ0n) is 13.8. The van der Waals surface area contributed by atoms with E-state index in [0.29, 0.717) is 36.0 Å². The smallest absolute Gasteiger partial charge is 0.415 e. The fourth-order valence-corrected chi connectivity index (χ4v) is 4.01. The fourth-order valence-electron chi connectivity index (χ4n) is 2.93. The zero-order chi connectivity index (χ0) is 18.0. The first-order valence-electron chi connectivity index (χ1n) is 7.95. The second kappa shape index (κ2) is 7.38. The summed E-state index contributed by atoms with van der Waals surface area (Å²) in [6.45, 7) is 1.14. The monoisotopic (exact) mass is 370 g/mol. The Hall–Kier alpha value is -2.16. The van der Waals surface area contributed by atoms with Crippen molar-refractivity contribution in [2.75, 3.05) is 48.0 Å². The Bertz CT molecular complexity index is 714. The number of hydrogen-bond donors (Lipinski definition) is 0. The van der Waals surface area contributed by atoms with Gasteiger partial charge in [-0.1, -0.05) is 0 Å². The number of anilines is 2. The molecule has 25 heavy (non-hydrogen) atoms. The van der Waals surface area contributed by atoms with E-state index in [2.05, 4.69) is 4.74 Å². The van der Waals surface area contributed by atoms with E-state index in [1.165, 1.54) is 18.1 Å². The molecular formula is C16H19FN2O5S. The van der Waals surface area contributed by atoms with Crippen LogP contribution in [-0.2, 0) is 25.1 Å². The summed E-state index contributed by atoms with van der Waals surface area (Å²) in [5.74, 6) is 0.0237. The number of ether oxygens (including phenoxy) is 2. The summed E-state index contributed by atoms with van der Waals surface area (Å²) in [6, 6.07) is 4.46. The average Bonchev–Trinajstić information content (AvgIpc) is 2.86. The Morgan fingerprint density at radius 2 is 2.16 bits per heavy atom. The number of esters is 1. The Morgan fingerprint density at radius 1 is 1.36 bits per heavy atom. The topological polar surface area (TPSA) is 76.2 Å². The third-order valence-electron chi connectivity index (χ3n) is 4.25. The number of cyclic esters (lactones) is 1. The van der Waals surface area contributed by atoms with Gasteiger partial charge >= 0.3 is 12.1 Å². The van der Waals surface area contributed by atoms with Gasteiger partial charge in [-0.25, -0.2) is 14.0 Å². The van der Waals surface area contributed by atoms with Crippen LogP contribution in [0.2, 0.25) is 0 Å². The van der Waals surface area contributed by atoms with E-state index in [0.717, 1.165) is 6.42 Å². The van der Waals surface area contributed by atoms with Crippen LogP contribution in [0.5, 0.6) is 0 Å². The van der Waals surface area contributed by atoms with Crippen molar-refractivity contribution in [3.8, 4) is 0 Å². The van der Waals surface area contributed by atoms with Crippen molar-refractivity contribution in [1.29, 1.82) is 0 Å². The van der Waals surface area contributed by atoms with E-state index in [1.54, 1.807) is 12.1 Å². The SMILES string of the molecule is COC(=O)[C@H]1CN(c2ccc(N3CCCS(=O)CC3)c(F)c2)C(=O)O1. The molecule has 2 aliphatic heterocycles. The molecule has 9 heteroatoms. The first-order valence-corrected chi connectivity index (χ1v) is 9.44. The largest absolute Gasteiger partial charge is 0.466 e. The predicted octanol–water partition coefficient (Wildman–Crippen LogP) is 1.28. The van der Waals surface area contributed by atoms with Gasteiger partial charge in [0.25, 0.3) is 0 Å². The molecular weight excluding hydrogens is 351 g/mol. The zero-order valence-corrected chi connectivity index (χ0v) is 14.6. The highest BCUT2D eigenvalue weighted by molar-refractivity contribution is 7.85. The van der Waals surface area contributed by atoms with E-state index < -0.39 is 34.8 Å². The second-order valence-corrected chi connectivity index (χ2v) is 7.53. The van der Waals surface area contributed by atoms with Crippen LogP contribution in [-0.4, -0.2) is 60.6 Å². The van der Waals surface area contributed by atoms with Crippen molar-refractivity contribution < 1.29 is 27.7 Å². The molecule has 7 nitrogen and oxygen atoms in total. The summed E-state index contributed by atoms with van der Waals surface area (Å²) < 4.78 is 35.7. The molecule has 0 aromatic heterocycles. The number of amides is 1. The van der Waals surface area contributed by atoms with Crippen molar-refractivity contribution in [2.24, 2.45) is 0 Å². The number of rotatable bonds is 3. The summed E-state index contributed by atoms with van der Waals surface area (Å²) in [6.07, 6.45) is -0.985. The third kappa shape index (κ3) is 3.76. The normalized spacial score (nSPS) is 24.0. The molecule has 2 fully saturated rings. The van der Waals surface area contributed by atoms with Gasteiger partial charge in [0.1, 0.15) is 5.82 Å². The average molecular weight is 370 g/mol. The standard InChI is InChI=1S/C16H19FN2O5S/c1-23-15(20)14-10-19(16(21)24-14)11-3-4-13(12(17)9-11)18-5-2-7-25(22)8-6-18/h3-4,9,14H,2,5-8,10H2,1H3/t14-,25?/m1/s1. The van der Waals surface area contributed by atoms with Crippen LogP contribution in [0.15, 0.2) is 18.2 Å². The molecule has 2 saturated heterocycles. The molecule has 136 valence electrons. The molecule has 0 saturated carbocycles. The molecule has 1 amide bonds. The maximum atomic E-state index is 14.6. The second-order valence-electron chi connectivity index (χ2n) is 5.83. The minimum atomic E-state index is -1.01. The molecule has 0 aliphatic carbocycles. The maximum absolute atomic E-state index is 14.6. The van der Waals surface area contributed by atoms with Crippen LogP contribution < -0.4 is 9.80 Å². The number of methoxy groups -OCH3 is 1. The fraction of sp³-hybridized carbons (Fsp3) is 0.500. The first-order chi connectivity index (χ1) is 12.0. The quantitative estimate of drug-likeness (QED) is 0.746. The van der Waals surface area contributed by atoms with Gasteiger partial charge in [0.2, 0.25) is 6.10 Å². The molecule has 1 unspecified atom stereocenters. The van der Waals surface area contributed by atoms with Crippen LogP contribution >= 0.6 is 0 Å². The molecule has 0 bridgehead atoms. The lowest BCUT2D eigenvalue weighted by atomic mass is 10.2. The Kier molecular flexibility index (Phi) is 5.22.